The van der Waals surface area contributed by atoms with Crippen LogP contribution in [0.4, 0.5) is 13.2 Å². The van der Waals surface area contributed by atoms with Crippen LogP contribution < -0.4 is 9.47 Å². The third-order valence-corrected chi connectivity index (χ3v) is 4.69. The van der Waals surface area contributed by atoms with Gasteiger partial charge in [0, 0.05) is 11.6 Å². The lowest BCUT2D eigenvalue weighted by atomic mass is 10.0. The van der Waals surface area contributed by atoms with Gasteiger partial charge in [0.15, 0.2) is 0 Å². The minimum absolute atomic E-state index is 0.0989. The third kappa shape index (κ3) is 3.86. The van der Waals surface area contributed by atoms with Crippen molar-refractivity contribution in [1.82, 2.24) is 0 Å². The second kappa shape index (κ2) is 6.78. The molecule has 0 spiro atoms. The van der Waals surface area contributed by atoms with E-state index >= 15 is 0 Å². The Balaban J connectivity index is 1.87. The first kappa shape index (κ1) is 17.9. The van der Waals surface area contributed by atoms with Gasteiger partial charge in [-0.25, -0.2) is 4.79 Å². The lowest BCUT2D eigenvalue weighted by Crippen LogP contribution is -2.40. The van der Waals surface area contributed by atoms with Gasteiger partial charge in [0.2, 0.25) is 6.10 Å². The number of carboxylic acid groups (broad SMARTS) is 1. The number of benzene rings is 1. The fraction of sp³-hybridized carbons (Fsp3) is 0.471. The van der Waals surface area contributed by atoms with Gasteiger partial charge in [-0.3, -0.25) is 0 Å². The van der Waals surface area contributed by atoms with E-state index < -0.39 is 23.8 Å². The molecule has 1 aromatic rings. The highest BCUT2D eigenvalue weighted by molar-refractivity contribution is 6.32. The Morgan fingerprint density at radius 1 is 1.32 bits per heavy atom. The standard InChI is InChI=1S/C17H16ClF3O4/c18-12-6-10-5-11(16(22)23)15(17(19,20)21)25-13(10)7-14(12)24-8-9-3-1-2-4-9/h5-7,9,15H,1-4,8H2,(H,22,23). The summed E-state index contributed by atoms with van der Waals surface area (Å²) >= 11 is 6.12. The molecule has 8 heteroatoms. The Bertz CT molecular complexity index is 709. The molecule has 0 bridgehead atoms. The zero-order valence-electron chi connectivity index (χ0n) is 13.1. The second-order valence-corrected chi connectivity index (χ2v) is 6.63. The molecule has 0 aromatic heterocycles. The summed E-state index contributed by atoms with van der Waals surface area (Å²) in [4.78, 5) is 11.1. The lowest BCUT2D eigenvalue weighted by Gasteiger charge is -2.27. The average molecular weight is 377 g/mol. The van der Waals surface area contributed by atoms with E-state index in [1.54, 1.807) is 0 Å². The molecule has 136 valence electrons. The van der Waals surface area contributed by atoms with Crippen LogP contribution in [-0.4, -0.2) is 30.0 Å². The number of ether oxygens (including phenoxy) is 2. The molecule has 1 unspecified atom stereocenters. The van der Waals surface area contributed by atoms with Crippen molar-refractivity contribution < 1.29 is 32.5 Å². The van der Waals surface area contributed by atoms with Crippen LogP contribution in [0.25, 0.3) is 6.08 Å². The number of aliphatic carboxylic acids is 1. The van der Waals surface area contributed by atoms with Crippen LogP contribution in [-0.2, 0) is 4.79 Å². The zero-order chi connectivity index (χ0) is 18.2. The summed E-state index contributed by atoms with van der Waals surface area (Å²) in [6, 6.07) is 2.65. The largest absolute Gasteiger partial charge is 0.492 e. The third-order valence-electron chi connectivity index (χ3n) is 4.40. The number of halogens is 4. The molecule has 1 aliphatic heterocycles. The first-order valence-corrected chi connectivity index (χ1v) is 8.28. The first-order valence-electron chi connectivity index (χ1n) is 7.90. The predicted octanol–water partition coefficient (Wildman–Crippen LogP) is 4.70. The number of carboxylic acids is 1. The van der Waals surface area contributed by atoms with Gasteiger partial charge in [-0.1, -0.05) is 24.4 Å². The van der Waals surface area contributed by atoms with E-state index in [0.717, 1.165) is 31.8 Å². The van der Waals surface area contributed by atoms with E-state index in [4.69, 9.17) is 26.2 Å². The van der Waals surface area contributed by atoms with Gasteiger partial charge >= 0.3 is 12.1 Å². The smallest absolute Gasteiger partial charge is 0.430 e. The van der Waals surface area contributed by atoms with Gasteiger partial charge in [0.1, 0.15) is 11.5 Å². The molecule has 0 radical (unpaired) electrons. The van der Waals surface area contributed by atoms with Gasteiger partial charge in [-0.2, -0.15) is 13.2 Å². The van der Waals surface area contributed by atoms with Crippen molar-refractivity contribution >= 4 is 23.6 Å². The molecule has 1 fully saturated rings. The number of alkyl halides is 3. The van der Waals surface area contributed by atoms with Crippen molar-refractivity contribution in [1.29, 1.82) is 0 Å². The number of rotatable bonds is 4. The van der Waals surface area contributed by atoms with Crippen molar-refractivity contribution in [3.63, 3.8) is 0 Å². The van der Waals surface area contributed by atoms with Crippen LogP contribution in [0.15, 0.2) is 17.7 Å². The summed E-state index contributed by atoms with van der Waals surface area (Å²) in [5.41, 5.74) is -0.702. The number of fused-ring (bicyclic) bond motifs is 1. The maximum Gasteiger partial charge on any atom is 0.430 e. The Kier molecular flexibility index (Phi) is 4.86. The van der Waals surface area contributed by atoms with Crippen LogP contribution in [0.3, 0.4) is 0 Å². The van der Waals surface area contributed by atoms with Crippen LogP contribution in [0.5, 0.6) is 11.5 Å². The maximum atomic E-state index is 13.1. The van der Waals surface area contributed by atoms with Gasteiger partial charge in [-0.05, 0) is 30.9 Å². The fourth-order valence-electron chi connectivity index (χ4n) is 3.11. The van der Waals surface area contributed by atoms with Crippen molar-refractivity contribution in [2.45, 2.75) is 38.0 Å². The van der Waals surface area contributed by atoms with Crippen molar-refractivity contribution in [2.24, 2.45) is 5.92 Å². The highest BCUT2D eigenvalue weighted by Gasteiger charge is 2.48. The van der Waals surface area contributed by atoms with Gasteiger partial charge in [0.25, 0.3) is 0 Å². The second-order valence-electron chi connectivity index (χ2n) is 6.23. The first-order chi connectivity index (χ1) is 11.8. The van der Waals surface area contributed by atoms with Crippen molar-refractivity contribution in [3.05, 3.63) is 28.3 Å². The SMILES string of the molecule is O=C(O)C1=Cc2cc(Cl)c(OCC3CCCC3)cc2OC1C(F)(F)F. The molecule has 1 N–H and O–H groups in total. The van der Waals surface area contributed by atoms with E-state index in [1.807, 2.05) is 0 Å². The normalized spacial score (nSPS) is 20.6. The molecule has 2 aliphatic rings. The highest BCUT2D eigenvalue weighted by Crippen LogP contribution is 2.41. The van der Waals surface area contributed by atoms with Crippen LogP contribution >= 0.6 is 11.6 Å². The van der Waals surface area contributed by atoms with Crippen LogP contribution in [0.2, 0.25) is 5.02 Å². The molecular weight excluding hydrogens is 361 g/mol. The summed E-state index contributed by atoms with van der Waals surface area (Å²) in [5.74, 6) is -1.14. The molecule has 1 heterocycles. The van der Waals surface area contributed by atoms with E-state index in [9.17, 15) is 18.0 Å². The summed E-state index contributed by atoms with van der Waals surface area (Å²) in [5, 5.41) is 9.22. The minimum Gasteiger partial charge on any atom is -0.492 e. The van der Waals surface area contributed by atoms with Crippen molar-refractivity contribution in [2.75, 3.05) is 6.61 Å². The fourth-order valence-corrected chi connectivity index (χ4v) is 3.34. The number of hydrogen-bond donors (Lipinski definition) is 1. The van der Waals surface area contributed by atoms with E-state index in [2.05, 4.69) is 0 Å². The monoisotopic (exact) mass is 376 g/mol. The predicted molar refractivity (Wildman–Crippen MR) is 85.0 cm³/mol. The minimum atomic E-state index is -4.84. The molecular formula is C17H16ClF3O4. The van der Waals surface area contributed by atoms with E-state index in [0.29, 0.717) is 12.5 Å². The summed E-state index contributed by atoms with van der Waals surface area (Å²) in [7, 11) is 0. The zero-order valence-corrected chi connectivity index (χ0v) is 13.9. The Morgan fingerprint density at radius 3 is 2.60 bits per heavy atom. The molecule has 3 rings (SSSR count). The van der Waals surface area contributed by atoms with Gasteiger partial charge in [-0.15, -0.1) is 0 Å². The molecule has 1 aliphatic carbocycles. The Morgan fingerprint density at radius 2 is 2.00 bits per heavy atom. The molecule has 25 heavy (non-hydrogen) atoms. The number of hydrogen-bond acceptors (Lipinski definition) is 3. The number of carbonyl (C=O) groups is 1. The summed E-state index contributed by atoms with van der Waals surface area (Å²) in [6.07, 6.45) is -2.03. The molecule has 1 aromatic carbocycles. The van der Waals surface area contributed by atoms with E-state index in [1.165, 1.54) is 12.1 Å². The molecule has 0 amide bonds. The lowest BCUT2D eigenvalue weighted by molar-refractivity contribution is -0.187. The molecule has 0 saturated heterocycles. The maximum absolute atomic E-state index is 13.1. The quantitative estimate of drug-likeness (QED) is 0.827. The Labute approximate surface area is 147 Å². The van der Waals surface area contributed by atoms with E-state index in [-0.39, 0.29) is 22.1 Å². The summed E-state index contributed by atoms with van der Waals surface area (Å²) in [6.45, 7) is 0.442. The van der Waals surface area contributed by atoms with Gasteiger partial charge in [0.05, 0.1) is 17.2 Å². The Hall–Kier alpha value is -1.89. The topological polar surface area (TPSA) is 55.8 Å². The highest BCUT2D eigenvalue weighted by atomic mass is 35.5. The van der Waals surface area contributed by atoms with Crippen LogP contribution in [0.1, 0.15) is 31.2 Å². The molecule has 4 nitrogen and oxygen atoms in total. The van der Waals surface area contributed by atoms with Crippen molar-refractivity contribution in [3.8, 4) is 11.5 Å². The summed E-state index contributed by atoms with van der Waals surface area (Å²) < 4.78 is 49.9. The molecule has 1 saturated carbocycles. The molecule has 1 atom stereocenters. The average Bonchev–Trinajstić information content (AvgIpc) is 3.04. The van der Waals surface area contributed by atoms with Crippen LogP contribution in [0, 0.1) is 5.92 Å². The van der Waals surface area contributed by atoms with Gasteiger partial charge < -0.3 is 14.6 Å².